The van der Waals surface area contributed by atoms with Gasteiger partial charge >= 0.3 is 11.9 Å². The van der Waals surface area contributed by atoms with Gasteiger partial charge in [-0.25, -0.2) is 9.30 Å². The molecule has 3 heterocycles. The van der Waals surface area contributed by atoms with E-state index in [0.29, 0.717) is 16.2 Å². The van der Waals surface area contributed by atoms with E-state index in [2.05, 4.69) is 0 Å². The Bertz CT molecular complexity index is 788. The second-order valence-corrected chi connectivity index (χ2v) is 6.60. The fourth-order valence-corrected chi connectivity index (χ4v) is 3.11. The summed E-state index contributed by atoms with van der Waals surface area (Å²) in [4.78, 5) is 25.1. The first-order valence-electron chi connectivity index (χ1n) is 7.88. The predicted molar refractivity (Wildman–Crippen MR) is 84.2 cm³/mol. The summed E-state index contributed by atoms with van der Waals surface area (Å²) in [7, 11) is 1.70. The molecule has 1 saturated heterocycles. The number of aromatic nitrogens is 2. The van der Waals surface area contributed by atoms with Gasteiger partial charge in [0.05, 0.1) is 13.3 Å². The van der Waals surface area contributed by atoms with Crippen molar-refractivity contribution < 1.29 is 28.2 Å². The molecule has 1 fully saturated rings. The molecule has 0 aliphatic carbocycles. The van der Waals surface area contributed by atoms with Crippen molar-refractivity contribution in [2.45, 2.75) is 39.4 Å². The predicted octanol–water partition coefficient (Wildman–Crippen LogP) is 1.45. The van der Waals surface area contributed by atoms with Crippen LogP contribution in [0.15, 0.2) is 22.8 Å². The highest BCUT2D eigenvalue weighted by Crippen LogP contribution is 2.37. The summed E-state index contributed by atoms with van der Waals surface area (Å²) in [5, 5.41) is 12.7. The van der Waals surface area contributed by atoms with E-state index in [0.717, 1.165) is 5.69 Å². The molecule has 0 radical (unpaired) electrons. The number of carbonyl (C=O) groups excluding carboxylic acids is 2. The van der Waals surface area contributed by atoms with Crippen LogP contribution < -0.4 is 4.73 Å². The molecular weight excluding hydrogens is 328 g/mol. The lowest BCUT2D eigenvalue weighted by atomic mass is 9.88. The van der Waals surface area contributed by atoms with Gasteiger partial charge in [0.1, 0.15) is 23.1 Å². The third kappa shape index (κ3) is 2.67. The Hall–Kier alpha value is -2.77. The van der Waals surface area contributed by atoms with Gasteiger partial charge in [-0.3, -0.25) is 9.59 Å². The molecule has 0 bridgehead atoms. The van der Waals surface area contributed by atoms with Crippen LogP contribution in [0.25, 0.3) is 0 Å². The highest BCUT2D eigenvalue weighted by molar-refractivity contribution is 5.98. The summed E-state index contributed by atoms with van der Waals surface area (Å²) in [5.74, 6) is -4.61. The highest BCUT2D eigenvalue weighted by atomic mass is 16.7. The Morgan fingerprint density at radius 3 is 2.28 bits per heavy atom. The molecule has 1 atom stereocenters. The van der Waals surface area contributed by atoms with E-state index >= 15 is 0 Å². The molecule has 1 aliphatic heterocycles. The standard InChI is InChI=1S/C17H20N2O6/c1-9-10(2)19(22)14(18(9)5)12(11-7-6-8-23-11)13-15(20)24-17(3,4)25-16(13)21/h6-8,12-13H,1-5H3. The Labute approximate surface area is 144 Å². The molecular formula is C17H20N2O6. The average Bonchev–Trinajstić information content (AvgIpc) is 3.09. The first-order chi connectivity index (χ1) is 11.6. The monoisotopic (exact) mass is 348 g/mol. The molecule has 25 heavy (non-hydrogen) atoms. The first kappa shape index (κ1) is 17.1. The molecule has 3 rings (SSSR count). The lowest BCUT2D eigenvalue weighted by Gasteiger charge is -2.34. The molecule has 8 nitrogen and oxygen atoms in total. The zero-order valence-electron chi connectivity index (χ0n) is 14.7. The van der Waals surface area contributed by atoms with E-state index < -0.39 is 29.6 Å². The third-order valence-corrected chi connectivity index (χ3v) is 4.54. The van der Waals surface area contributed by atoms with Crippen molar-refractivity contribution in [2.24, 2.45) is 13.0 Å². The summed E-state index contributed by atoms with van der Waals surface area (Å²) in [6.07, 6.45) is 1.42. The van der Waals surface area contributed by atoms with Crippen molar-refractivity contribution in [1.29, 1.82) is 0 Å². The van der Waals surface area contributed by atoms with Crippen molar-refractivity contribution in [2.75, 3.05) is 0 Å². The van der Waals surface area contributed by atoms with Crippen LogP contribution in [0.2, 0.25) is 0 Å². The Morgan fingerprint density at radius 2 is 1.84 bits per heavy atom. The maximum absolute atomic E-state index is 12.7. The minimum atomic E-state index is -1.34. The number of esters is 2. The summed E-state index contributed by atoms with van der Waals surface area (Å²) in [6.45, 7) is 6.41. The number of hydrogen-bond acceptors (Lipinski definition) is 6. The van der Waals surface area contributed by atoms with Crippen LogP contribution in [0.3, 0.4) is 0 Å². The van der Waals surface area contributed by atoms with Crippen LogP contribution in [0.5, 0.6) is 0 Å². The fraction of sp³-hybridized carbons (Fsp3) is 0.471. The van der Waals surface area contributed by atoms with Gasteiger partial charge in [-0.2, -0.15) is 0 Å². The molecule has 0 amide bonds. The largest absolute Gasteiger partial charge is 0.711 e. The molecule has 0 spiro atoms. The van der Waals surface area contributed by atoms with E-state index in [1.54, 1.807) is 37.6 Å². The molecule has 1 unspecified atom stereocenters. The van der Waals surface area contributed by atoms with Gasteiger partial charge in [0.15, 0.2) is 5.92 Å². The van der Waals surface area contributed by atoms with Gasteiger partial charge in [-0.15, -0.1) is 0 Å². The lowest BCUT2D eigenvalue weighted by Crippen LogP contribution is -2.50. The number of ether oxygens (including phenoxy) is 2. The van der Waals surface area contributed by atoms with Gasteiger partial charge < -0.3 is 19.1 Å². The summed E-state index contributed by atoms with van der Waals surface area (Å²) >= 11 is 0. The summed E-state index contributed by atoms with van der Waals surface area (Å²) in [5.41, 5.74) is 1.20. The quantitative estimate of drug-likeness (QED) is 0.360. The molecule has 2 aromatic heterocycles. The van der Waals surface area contributed by atoms with Crippen molar-refractivity contribution in [1.82, 2.24) is 4.57 Å². The van der Waals surface area contributed by atoms with E-state index in [1.807, 2.05) is 0 Å². The number of imidazole rings is 1. The van der Waals surface area contributed by atoms with E-state index in [9.17, 15) is 14.8 Å². The van der Waals surface area contributed by atoms with Gasteiger partial charge in [-0.1, -0.05) is 0 Å². The van der Waals surface area contributed by atoms with Gasteiger partial charge in [0.2, 0.25) is 0 Å². The number of carbonyl (C=O) groups is 2. The topological polar surface area (TPSA) is 97.6 Å². The van der Waals surface area contributed by atoms with Crippen molar-refractivity contribution in [3.63, 3.8) is 0 Å². The SMILES string of the molecule is Cc1c(C)[n+]([O-])c(C(c2ccco2)C2C(=O)OC(C)(C)OC2=O)n1C. The first-order valence-corrected chi connectivity index (χ1v) is 7.88. The lowest BCUT2D eigenvalue weighted by molar-refractivity contribution is -0.621. The van der Waals surface area contributed by atoms with E-state index in [-0.39, 0.29) is 5.82 Å². The van der Waals surface area contributed by atoms with Crippen LogP contribution in [0.1, 0.15) is 42.7 Å². The number of hydrogen-bond donors (Lipinski definition) is 0. The second kappa shape index (κ2) is 5.65. The number of cyclic esters (lactones) is 2. The Kier molecular flexibility index (Phi) is 3.85. The van der Waals surface area contributed by atoms with Crippen LogP contribution in [0.4, 0.5) is 0 Å². The molecule has 1 aliphatic rings. The molecule has 0 saturated carbocycles. The summed E-state index contributed by atoms with van der Waals surface area (Å²) < 4.78 is 18.2. The number of rotatable bonds is 3. The average molecular weight is 348 g/mol. The Balaban J connectivity index is 2.17. The fourth-order valence-electron chi connectivity index (χ4n) is 3.11. The maximum Gasteiger partial charge on any atom is 0.325 e. The number of furan rings is 1. The van der Waals surface area contributed by atoms with Gasteiger partial charge in [-0.05, 0) is 12.1 Å². The van der Waals surface area contributed by atoms with E-state index in [1.165, 1.54) is 20.1 Å². The number of nitrogens with zero attached hydrogens (tertiary/aromatic N) is 2. The van der Waals surface area contributed by atoms with Crippen LogP contribution in [-0.4, -0.2) is 22.3 Å². The van der Waals surface area contributed by atoms with Crippen molar-refractivity contribution >= 4 is 11.9 Å². The molecule has 0 aromatic carbocycles. The molecule has 8 heteroatoms. The molecule has 2 aromatic rings. The van der Waals surface area contributed by atoms with Crippen LogP contribution in [-0.2, 0) is 26.1 Å². The minimum Gasteiger partial charge on any atom is -0.711 e. The van der Waals surface area contributed by atoms with Crippen LogP contribution >= 0.6 is 0 Å². The normalized spacial score (nSPS) is 18.8. The minimum absolute atomic E-state index is 0.212. The highest BCUT2D eigenvalue weighted by Gasteiger charge is 2.52. The maximum atomic E-state index is 12.7. The Morgan fingerprint density at radius 1 is 1.24 bits per heavy atom. The van der Waals surface area contributed by atoms with Crippen molar-refractivity contribution in [3.8, 4) is 0 Å². The zero-order valence-corrected chi connectivity index (χ0v) is 14.7. The van der Waals surface area contributed by atoms with Crippen molar-refractivity contribution in [3.05, 3.63) is 46.6 Å². The van der Waals surface area contributed by atoms with Crippen LogP contribution in [0, 0.1) is 25.0 Å². The zero-order chi connectivity index (χ0) is 18.5. The second-order valence-electron chi connectivity index (χ2n) is 6.60. The van der Waals surface area contributed by atoms with Gasteiger partial charge in [0.25, 0.3) is 11.6 Å². The summed E-state index contributed by atoms with van der Waals surface area (Å²) in [6, 6.07) is 3.24. The smallest absolute Gasteiger partial charge is 0.325 e. The third-order valence-electron chi connectivity index (χ3n) is 4.54. The van der Waals surface area contributed by atoms with E-state index in [4.69, 9.17) is 13.9 Å². The molecule has 0 N–H and O–H groups in total. The molecule has 134 valence electrons. The van der Waals surface area contributed by atoms with Gasteiger partial charge in [0, 0.05) is 27.7 Å².